The van der Waals surface area contributed by atoms with Gasteiger partial charge in [-0.3, -0.25) is 0 Å². The molecule has 0 fully saturated rings. The van der Waals surface area contributed by atoms with Gasteiger partial charge in [-0.1, -0.05) is 33.6 Å². The minimum Gasteiger partial charge on any atom is -0.311 e. The van der Waals surface area contributed by atoms with Gasteiger partial charge in [0.1, 0.15) is 0 Å². The molecule has 1 rings (SSSR count). The average Bonchev–Trinajstić information content (AvgIpc) is 2.21. The lowest BCUT2D eigenvalue weighted by Crippen LogP contribution is -2.19. The van der Waals surface area contributed by atoms with E-state index in [1.807, 2.05) is 25.1 Å². The van der Waals surface area contributed by atoms with Gasteiger partial charge in [0.25, 0.3) is 0 Å². The molecule has 0 aromatic heterocycles. The molecule has 1 atom stereocenters. The molecule has 1 aromatic rings. The Morgan fingerprint density at radius 2 is 2.33 bits per heavy atom. The van der Waals surface area contributed by atoms with E-state index in [4.69, 9.17) is 16.9 Å². The van der Waals surface area contributed by atoms with E-state index in [9.17, 15) is 0 Å². The number of rotatable bonds is 4. The molecule has 0 radical (unpaired) electrons. The van der Waals surface area contributed by atoms with Crippen LogP contribution in [-0.2, 0) is 6.54 Å². The standard InChI is InChI=1S/C11H12BrClN2/c1-8(5-14)6-15-7-9-2-3-10(13)4-11(9)12/h2-4,8,15H,6-7H2,1H3. The smallest absolute Gasteiger partial charge is 0.0666 e. The highest BCUT2D eigenvalue weighted by molar-refractivity contribution is 9.10. The van der Waals surface area contributed by atoms with E-state index in [1.54, 1.807) is 0 Å². The quantitative estimate of drug-likeness (QED) is 0.922. The van der Waals surface area contributed by atoms with Crippen molar-refractivity contribution in [1.82, 2.24) is 5.32 Å². The zero-order chi connectivity index (χ0) is 11.3. The topological polar surface area (TPSA) is 35.8 Å². The van der Waals surface area contributed by atoms with E-state index in [0.717, 1.165) is 21.6 Å². The van der Waals surface area contributed by atoms with E-state index in [1.165, 1.54) is 0 Å². The van der Waals surface area contributed by atoms with Crippen LogP contribution in [0.3, 0.4) is 0 Å². The van der Waals surface area contributed by atoms with Crippen LogP contribution in [0.15, 0.2) is 22.7 Å². The summed E-state index contributed by atoms with van der Waals surface area (Å²) in [6.45, 7) is 3.33. The summed E-state index contributed by atoms with van der Waals surface area (Å²) in [5.74, 6) is 0.0380. The number of nitriles is 1. The zero-order valence-corrected chi connectivity index (χ0v) is 10.8. The summed E-state index contributed by atoms with van der Waals surface area (Å²) in [5, 5.41) is 12.5. The van der Waals surface area contributed by atoms with Gasteiger partial charge in [-0.05, 0) is 24.6 Å². The van der Waals surface area contributed by atoms with Crippen LogP contribution in [0.25, 0.3) is 0 Å². The molecule has 0 saturated heterocycles. The first-order valence-electron chi connectivity index (χ1n) is 4.67. The Bertz CT molecular complexity index is 373. The second-order valence-corrected chi connectivity index (χ2v) is 4.69. The zero-order valence-electron chi connectivity index (χ0n) is 8.43. The molecule has 0 amide bonds. The molecule has 1 unspecified atom stereocenters. The summed E-state index contributed by atoms with van der Waals surface area (Å²) >= 11 is 9.27. The third kappa shape index (κ3) is 4.21. The molecule has 0 aliphatic carbocycles. The Kier molecular flexibility index (Phi) is 5.10. The Labute approximate surface area is 103 Å². The maximum atomic E-state index is 8.61. The highest BCUT2D eigenvalue weighted by Gasteiger charge is 2.02. The predicted molar refractivity (Wildman–Crippen MR) is 65.6 cm³/mol. The van der Waals surface area contributed by atoms with Crippen molar-refractivity contribution in [3.05, 3.63) is 33.3 Å². The summed E-state index contributed by atoms with van der Waals surface area (Å²) in [7, 11) is 0. The predicted octanol–water partition coefficient (Wildman–Crippen LogP) is 3.35. The normalized spacial score (nSPS) is 12.1. The van der Waals surface area contributed by atoms with Crippen LogP contribution in [0.5, 0.6) is 0 Å². The largest absolute Gasteiger partial charge is 0.311 e. The first-order valence-corrected chi connectivity index (χ1v) is 5.85. The van der Waals surface area contributed by atoms with Crippen molar-refractivity contribution >= 4 is 27.5 Å². The molecule has 1 N–H and O–H groups in total. The molecule has 80 valence electrons. The SMILES string of the molecule is CC(C#N)CNCc1ccc(Cl)cc1Br. The monoisotopic (exact) mass is 286 g/mol. The van der Waals surface area contributed by atoms with Crippen molar-refractivity contribution in [2.75, 3.05) is 6.54 Å². The molecular weight excluding hydrogens is 275 g/mol. The van der Waals surface area contributed by atoms with E-state index in [2.05, 4.69) is 27.3 Å². The molecule has 2 nitrogen and oxygen atoms in total. The molecule has 4 heteroatoms. The first-order chi connectivity index (χ1) is 7.13. The third-order valence-corrected chi connectivity index (χ3v) is 2.97. The highest BCUT2D eigenvalue weighted by Crippen LogP contribution is 2.21. The molecule has 0 aliphatic rings. The Hall–Kier alpha value is -0.560. The summed E-state index contributed by atoms with van der Waals surface area (Å²) in [4.78, 5) is 0. The van der Waals surface area contributed by atoms with Crippen LogP contribution in [0, 0.1) is 17.2 Å². The number of nitrogens with zero attached hydrogens (tertiary/aromatic N) is 1. The third-order valence-electron chi connectivity index (χ3n) is 2.00. The van der Waals surface area contributed by atoms with E-state index in [-0.39, 0.29) is 5.92 Å². The van der Waals surface area contributed by atoms with Gasteiger partial charge in [0.2, 0.25) is 0 Å². The van der Waals surface area contributed by atoms with Crippen LogP contribution in [0.2, 0.25) is 5.02 Å². The second-order valence-electron chi connectivity index (χ2n) is 3.40. The number of nitrogens with one attached hydrogen (secondary N) is 1. The van der Waals surface area contributed by atoms with E-state index in [0.29, 0.717) is 6.54 Å². The molecule has 0 heterocycles. The molecule has 0 bridgehead atoms. The van der Waals surface area contributed by atoms with Crippen molar-refractivity contribution in [2.24, 2.45) is 5.92 Å². The Morgan fingerprint density at radius 1 is 1.60 bits per heavy atom. The van der Waals surface area contributed by atoms with Gasteiger partial charge in [-0.15, -0.1) is 0 Å². The molecule has 0 saturated carbocycles. The molecule has 0 aliphatic heterocycles. The fourth-order valence-corrected chi connectivity index (χ4v) is 1.96. The number of benzene rings is 1. The first kappa shape index (κ1) is 12.5. The molecule has 0 spiro atoms. The lowest BCUT2D eigenvalue weighted by molar-refractivity contribution is 0.601. The number of halogens is 2. The molecule has 15 heavy (non-hydrogen) atoms. The fraction of sp³-hybridized carbons (Fsp3) is 0.364. The van der Waals surface area contributed by atoms with Gasteiger partial charge in [0, 0.05) is 22.6 Å². The molecular formula is C11H12BrClN2. The summed E-state index contributed by atoms with van der Waals surface area (Å²) < 4.78 is 0.993. The van der Waals surface area contributed by atoms with Crippen LogP contribution in [0.1, 0.15) is 12.5 Å². The van der Waals surface area contributed by atoms with Gasteiger partial charge in [-0.2, -0.15) is 5.26 Å². The van der Waals surface area contributed by atoms with Gasteiger partial charge < -0.3 is 5.32 Å². The van der Waals surface area contributed by atoms with Crippen molar-refractivity contribution in [1.29, 1.82) is 5.26 Å². The number of hydrogen-bond donors (Lipinski definition) is 1. The molecule has 1 aromatic carbocycles. The summed E-state index contributed by atoms with van der Waals surface area (Å²) in [6.07, 6.45) is 0. The van der Waals surface area contributed by atoms with Crippen LogP contribution >= 0.6 is 27.5 Å². The van der Waals surface area contributed by atoms with Crippen molar-refractivity contribution in [3.8, 4) is 6.07 Å². The maximum Gasteiger partial charge on any atom is 0.0666 e. The summed E-state index contributed by atoms with van der Waals surface area (Å²) in [5.41, 5.74) is 1.14. The van der Waals surface area contributed by atoms with Gasteiger partial charge >= 0.3 is 0 Å². The van der Waals surface area contributed by atoms with Crippen molar-refractivity contribution < 1.29 is 0 Å². The Morgan fingerprint density at radius 3 is 2.93 bits per heavy atom. The van der Waals surface area contributed by atoms with Crippen LogP contribution in [-0.4, -0.2) is 6.54 Å². The highest BCUT2D eigenvalue weighted by atomic mass is 79.9. The van der Waals surface area contributed by atoms with Crippen molar-refractivity contribution in [2.45, 2.75) is 13.5 Å². The lowest BCUT2D eigenvalue weighted by Gasteiger charge is -2.07. The van der Waals surface area contributed by atoms with Crippen molar-refractivity contribution in [3.63, 3.8) is 0 Å². The minimum absolute atomic E-state index is 0.0380. The van der Waals surface area contributed by atoms with Crippen LogP contribution in [0.4, 0.5) is 0 Å². The Balaban J connectivity index is 2.48. The average molecular weight is 288 g/mol. The minimum atomic E-state index is 0.0380. The number of hydrogen-bond acceptors (Lipinski definition) is 2. The van der Waals surface area contributed by atoms with Gasteiger partial charge in [0.05, 0.1) is 12.0 Å². The fourth-order valence-electron chi connectivity index (χ4n) is 1.13. The van der Waals surface area contributed by atoms with Crippen LogP contribution < -0.4 is 5.32 Å². The van der Waals surface area contributed by atoms with E-state index < -0.39 is 0 Å². The van der Waals surface area contributed by atoms with Gasteiger partial charge in [0.15, 0.2) is 0 Å². The second kappa shape index (κ2) is 6.12. The van der Waals surface area contributed by atoms with E-state index >= 15 is 0 Å². The van der Waals surface area contributed by atoms with Gasteiger partial charge in [-0.25, -0.2) is 0 Å². The summed E-state index contributed by atoms with van der Waals surface area (Å²) in [6, 6.07) is 7.87. The lowest BCUT2D eigenvalue weighted by atomic mass is 10.2. The maximum absolute atomic E-state index is 8.61.